The second kappa shape index (κ2) is 11.8. The average Bonchev–Trinajstić information content (AvgIpc) is 3.47. The van der Waals surface area contributed by atoms with Crippen LogP contribution in [0.5, 0.6) is 17.2 Å². The SMILES string of the molecule is CCOc1cccc2cc(C(=O)NCCc3ccc(OC)c(OC)c3)c(=NNC(=O)c3ccco3)oc12. The lowest BCUT2D eigenvalue weighted by Gasteiger charge is -2.11. The molecule has 37 heavy (non-hydrogen) atoms. The predicted molar refractivity (Wildman–Crippen MR) is 135 cm³/mol. The fourth-order valence-electron chi connectivity index (χ4n) is 3.66. The molecule has 0 saturated carbocycles. The van der Waals surface area contributed by atoms with Gasteiger partial charge in [0.25, 0.3) is 5.91 Å². The third-order valence-corrected chi connectivity index (χ3v) is 5.43. The summed E-state index contributed by atoms with van der Waals surface area (Å²) in [6.07, 6.45) is 1.92. The maximum atomic E-state index is 13.2. The fourth-order valence-corrected chi connectivity index (χ4v) is 3.66. The Hall–Kier alpha value is -4.73. The largest absolute Gasteiger partial charge is 0.493 e. The Morgan fingerprint density at radius 1 is 0.946 bits per heavy atom. The van der Waals surface area contributed by atoms with Crippen LogP contribution >= 0.6 is 0 Å². The maximum Gasteiger partial charge on any atom is 0.307 e. The van der Waals surface area contributed by atoms with Crippen LogP contribution < -0.4 is 30.5 Å². The molecule has 0 aliphatic rings. The number of nitrogens with zero attached hydrogens (tertiary/aromatic N) is 1. The molecule has 0 aliphatic carbocycles. The Labute approximate surface area is 212 Å². The van der Waals surface area contributed by atoms with E-state index in [1.54, 1.807) is 44.6 Å². The molecule has 2 heterocycles. The van der Waals surface area contributed by atoms with Crippen molar-refractivity contribution < 1.29 is 32.6 Å². The number of para-hydroxylation sites is 1. The Bertz CT molecular complexity index is 1460. The summed E-state index contributed by atoms with van der Waals surface area (Å²) < 4.78 is 27.3. The molecular formula is C27H27N3O7. The summed E-state index contributed by atoms with van der Waals surface area (Å²) >= 11 is 0. The lowest BCUT2D eigenvalue weighted by Crippen LogP contribution is -2.32. The molecule has 10 nitrogen and oxygen atoms in total. The van der Waals surface area contributed by atoms with Crippen LogP contribution in [0.1, 0.15) is 33.4 Å². The van der Waals surface area contributed by atoms with Gasteiger partial charge < -0.3 is 28.4 Å². The zero-order chi connectivity index (χ0) is 26.2. The van der Waals surface area contributed by atoms with E-state index in [0.29, 0.717) is 47.8 Å². The number of fused-ring (bicyclic) bond motifs is 1. The summed E-state index contributed by atoms with van der Waals surface area (Å²) in [7, 11) is 3.14. The number of ether oxygens (including phenoxy) is 3. The van der Waals surface area contributed by atoms with E-state index in [9.17, 15) is 9.59 Å². The molecule has 2 aromatic heterocycles. The molecule has 4 aromatic rings. The summed E-state index contributed by atoms with van der Waals surface area (Å²) in [6.45, 7) is 2.62. The molecule has 0 unspecified atom stereocenters. The third-order valence-electron chi connectivity index (χ3n) is 5.43. The smallest absolute Gasteiger partial charge is 0.307 e. The molecule has 0 aliphatic heterocycles. The molecule has 2 aromatic carbocycles. The van der Waals surface area contributed by atoms with Gasteiger partial charge in [-0.2, -0.15) is 0 Å². The summed E-state index contributed by atoms with van der Waals surface area (Å²) in [5, 5.41) is 7.60. The molecule has 192 valence electrons. The molecule has 10 heteroatoms. The predicted octanol–water partition coefficient (Wildman–Crippen LogP) is 3.66. The van der Waals surface area contributed by atoms with E-state index in [0.717, 1.165) is 5.56 Å². The van der Waals surface area contributed by atoms with Crippen LogP contribution in [0, 0.1) is 0 Å². The van der Waals surface area contributed by atoms with Crippen LogP contribution in [-0.4, -0.2) is 39.2 Å². The van der Waals surface area contributed by atoms with Crippen LogP contribution in [0.4, 0.5) is 0 Å². The zero-order valence-electron chi connectivity index (χ0n) is 20.7. The standard InChI is InChI=1S/C27H27N3O7/c1-4-35-21-8-5-7-18-16-19(27(37-24(18)21)30-29-26(32)22-9-6-14-36-22)25(31)28-13-12-17-10-11-20(33-2)23(15-17)34-3/h5-11,14-16H,4,12-13H2,1-3H3,(H,28,31)(H,29,32). The molecule has 0 saturated heterocycles. The number of hydrogen-bond donors (Lipinski definition) is 2. The van der Waals surface area contributed by atoms with Gasteiger partial charge in [-0.25, -0.2) is 5.43 Å². The Balaban J connectivity index is 1.60. The van der Waals surface area contributed by atoms with Crippen molar-refractivity contribution >= 4 is 22.8 Å². The molecule has 0 atom stereocenters. The first-order valence-electron chi connectivity index (χ1n) is 11.6. The first kappa shape index (κ1) is 25.4. The highest BCUT2D eigenvalue weighted by Crippen LogP contribution is 2.28. The van der Waals surface area contributed by atoms with Gasteiger partial charge in [-0.15, -0.1) is 5.10 Å². The van der Waals surface area contributed by atoms with E-state index in [1.807, 2.05) is 25.1 Å². The fraction of sp³-hybridized carbons (Fsp3) is 0.222. The number of amides is 2. The number of benzene rings is 2. The second-order valence-corrected chi connectivity index (χ2v) is 7.80. The first-order valence-corrected chi connectivity index (χ1v) is 11.6. The number of hydrogen-bond acceptors (Lipinski definition) is 8. The van der Waals surface area contributed by atoms with Crippen molar-refractivity contribution in [1.82, 2.24) is 10.7 Å². The van der Waals surface area contributed by atoms with Gasteiger partial charge in [-0.3, -0.25) is 9.59 Å². The monoisotopic (exact) mass is 505 g/mol. The van der Waals surface area contributed by atoms with Crippen molar-refractivity contribution in [2.24, 2.45) is 5.10 Å². The number of rotatable bonds is 10. The molecule has 4 rings (SSSR count). The highest BCUT2D eigenvalue weighted by atomic mass is 16.5. The van der Waals surface area contributed by atoms with Crippen LogP contribution in [0.3, 0.4) is 0 Å². The van der Waals surface area contributed by atoms with Crippen LogP contribution in [0.25, 0.3) is 11.0 Å². The van der Waals surface area contributed by atoms with Crippen LogP contribution in [0.15, 0.2) is 74.8 Å². The minimum Gasteiger partial charge on any atom is -0.493 e. The van der Waals surface area contributed by atoms with Crippen molar-refractivity contribution in [2.75, 3.05) is 27.4 Å². The van der Waals surface area contributed by atoms with Gasteiger partial charge in [0.05, 0.1) is 27.1 Å². The molecule has 2 amide bonds. The summed E-state index contributed by atoms with van der Waals surface area (Å²) in [5.74, 6) is 0.798. The maximum absolute atomic E-state index is 13.2. The van der Waals surface area contributed by atoms with Gasteiger partial charge in [0, 0.05) is 11.9 Å². The summed E-state index contributed by atoms with van der Waals surface area (Å²) in [4.78, 5) is 25.5. The van der Waals surface area contributed by atoms with Gasteiger partial charge >= 0.3 is 5.91 Å². The van der Waals surface area contributed by atoms with Gasteiger partial charge in [-0.05, 0) is 55.3 Å². The molecule has 0 bridgehead atoms. The molecule has 0 radical (unpaired) electrons. The van der Waals surface area contributed by atoms with Gasteiger partial charge in [0.15, 0.2) is 28.6 Å². The number of methoxy groups -OCH3 is 2. The molecule has 2 N–H and O–H groups in total. The molecule has 0 fully saturated rings. The molecule has 0 spiro atoms. The molecular weight excluding hydrogens is 478 g/mol. The van der Waals surface area contributed by atoms with E-state index in [-0.39, 0.29) is 16.9 Å². The second-order valence-electron chi connectivity index (χ2n) is 7.80. The van der Waals surface area contributed by atoms with E-state index >= 15 is 0 Å². The lowest BCUT2D eigenvalue weighted by atomic mass is 10.1. The number of carbonyl (C=O) groups excluding carboxylic acids is 2. The van der Waals surface area contributed by atoms with Crippen molar-refractivity contribution in [1.29, 1.82) is 0 Å². The van der Waals surface area contributed by atoms with E-state index in [2.05, 4.69) is 15.8 Å². The van der Waals surface area contributed by atoms with Crippen LogP contribution in [-0.2, 0) is 6.42 Å². The van der Waals surface area contributed by atoms with Crippen molar-refractivity contribution in [3.8, 4) is 17.2 Å². The van der Waals surface area contributed by atoms with Gasteiger partial charge in [0.2, 0.25) is 5.55 Å². The topological polar surface area (TPSA) is 125 Å². The number of furan rings is 1. The lowest BCUT2D eigenvalue weighted by molar-refractivity contribution is 0.0916. The quantitative estimate of drug-likeness (QED) is 0.315. The van der Waals surface area contributed by atoms with Crippen molar-refractivity contribution in [2.45, 2.75) is 13.3 Å². The Kier molecular flexibility index (Phi) is 8.09. The third kappa shape index (κ3) is 5.92. The average molecular weight is 506 g/mol. The van der Waals surface area contributed by atoms with Crippen molar-refractivity contribution in [3.05, 3.63) is 83.3 Å². The normalized spacial score (nSPS) is 11.3. The van der Waals surface area contributed by atoms with Crippen molar-refractivity contribution in [3.63, 3.8) is 0 Å². The van der Waals surface area contributed by atoms with Gasteiger partial charge in [-0.1, -0.05) is 18.2 Å². The van der Waals surface area contributed by atoms with E-state index in [1.165, 1.54) is 12.3 Å². The van der Waals surface area contributed by atoms with Gasteiger partial charge in [0.1, 0.15) is 5.56 Å². The van der Waals surface area contributed by atoms with E-state index < -0.39 is 11.8 Å². The zero-order valence-corrected chi connectivity index (χ0v) is 20.7. The Morgan fingerprint density at radius 3 is 2.51 bits per heavy atom. The number of carbonyl (C=O) groups is 2. The number of nitrogens with one attached hydrogen (secondary N) is 2. The highest BCUT2D eigenvalue weighted by Gasteiger charge is 2.16. The minimum atomic E-state index is -0.585. The minimum absolute atomic E-state index is 0.0699. The highest BCUT2D eigenvalue weighted by molar-refractivity contribution is 5.97. The summed E-state index contributed by atoms with van der Waals surface area (Å²) in [5.41, 5.74) is 3.79. The summed E-state index contributed by atoms with van der Waals surface area (Å²) in [6, 6.07) is 15.7. The Morgan fingerprint density at radius 2 is 1.78 bits per heavy atom. The van der Waals surface area contributed by atoms with Crippen LogP contribution in [0.2, 0.25) is 0 Å². The van der Waals surface area contributed by atoms with E-state index in [4.69, 9.17) is 23.0 Å². The first-order chi connectivity index (χ1) is 18.0.